The van der Waals surface area contributed by atoms with Crippen LogP contribution in [0.5, 0.6) is 0 Å². The second kappa shape index (κ2) is 8.44. The quantitative estimate of drug-likeness (QED) is 0.299. The molecular weight excluding hydrogens is 516 g/mol. The number of nitrogens with zero attached hydrogens (tertiary/aromatic N) is 3. The molecule has 1 amide bonds. The van der Waals surface area contributed by atoms with Crippen molar-refractivity contribution in [2.45, 2.75) is 6.92 Å². The van der Waals surface area contributed by atoms with E-state index in [4.69, 9.17) is 12.2 Å². The zero-order chi connectivity index (χ0) is 21.3. The molecule has 0 aliphatic heterocycles. The molecule has 0 fully saturated rings. The number of thiocarbonyl (C=S) groups is 1. The van der Waals surface area contributed by atoms with Gasteiger partial charge in [0.1, 0.15) is 16.9 Å². The van der Waals surface area contributed by atoms with Crippen LogP contribution in [-0.2, 0) is 0 Å². The van der Waals surface area contributed by atoms with Gasteiger partial charge in [0, 0.05) is 9.26 Å². The van der Waals surface area contributed by atoms with Gasteiger partial charge in [0.05, 0.1) is 11.3 Å². The molecule has 1 aromatic heterocycles. The van der Waals surface area contributed by atoms with Gasteiger partial charge in [-0.15, -0.1) is 10.2 Å². The lowest BCUT2D eigenvalue weighted by Crippen LogP contribution is -2.34. The summed E-state index contributed by atoms with van der Waals surface area (Å²) in [6.45, 7) is 1.91. The van der Waals surface area contributed by atoms with Crippen LogP contribution in [0.2, 0.25) is 0 Å². The normalized spacial score (nSPS) is 10.8. The van der Waals surface area contributed by atoms with Crippen molar-refractivity contribution in [2.24, 2.45) is 0 Å². The maximum absolute atomic E-state index is 13.2. The molecule has 3 aromatic carbocycles. The highest BCUT2D eigenvalue weighted by molar-refractivity contribution is 14.1. The third-order valence-corrected chi connectivity index (χ3v) is 5.52. The van der Waals surface area contributed by atoms with E-state index in [-0.39, 0.29) is 16.8 Å². The Morgan fingerprint density at radius 3 is 2.43 bits per heavy atom. The first-order valence-corrected chi connectivity index (χ1v) is 10.4. The molecule has 0 aliphatic rings. The average molecular weight is 531 g/mol. The molecule has 0 bridgehead atoms. The molecule has 0 saturated carbocycles. The number of nitrogens with one attached hydrogen (secondary N) is 2. The molecular formula is C21H15FIN5OS. The van der Waals surface area contributed by atoms with Crippen molar-refractivity contribution in [2.75, 3.05) is 5.32 Å². The number of benzene rings is 3. The van der Waals surface area contributed by atoms with Gasteiger partial charge in [-0.2, -0.15) is 4.80 Å². The van der Waals surface area contributed by atoms with E-state index in [1.165, 1.54) is 16.9 Å². The summed E-state index contributed by atoms with van der Waals surface area (Å²) in [5.74, 6) is -0.600. The van der Waals surface area contributed by atoms with Gasteiger partial charge in [-0.05, 0) is 95.8 Å². The Hall–Kier alpha value is -2.92. The smallest absolute Gasteiger partial charge is 0.258 e. The molecule has 0 atom stereocenters. The van der Waals surface area contributed by atoms with Crippen LogP contribution in [0.3, 0.4) is 0 Å². The molecule has 0 aliphatic carbocycles. The summed E-state index contributed by atoms with van der Waals surface area (Å²) in [6, 6.07) is 16.9. The number of rotatable bonds is 3. The zero-order valence-electron chi connectivity index (χ0n) is 15.7. The van der Waals surface area contributed by atoms with Gasteiger partial charge in [-0.3, -0.25) is 10.1 Å². The van der Waals surface area contributed by atoms with Crippen LogP contribution in [0.15, 0.2) is 60.7 Å². The van der Waals surface area contributed by atoms with Gasteiger partial charge in [0.15, 0.2) is 5.11 Å². The van der Waals surface area contributed by atoms with Crippen molar-refractivity contribution in [1.82, 2.24) is 20.3 Å². The van der Waals surface area contributed by atoms with E-state index in [1.54, 1.807) is 24.3 Å². The third kappa shape index (κ3) is 4.31. The number of anilines is 1. The lowest BCUT2D eigenvalue weighted by atomic mass is 10.2. The number of carbonyl (C=O) groups is 1. The molecule has 9 heteroatoms. The van der Waals surface area contributed by atoms with Gasteiger partial charge in [-0.1, -0.05) is 12.1 Å². The fourth-order valence-electron chi connectivity index (χ4n) is 2.86. The van der Waals surface area contributed by atoms with Gasteiger partial charge >= 0.3 is 0 Å². The zero-order valence-corrected chi connectivity index (χ0v) is 18.7. The molecule has 4 rings (SSSR count). The summed E-state index contributed by atoms with van der Waals surface area (Å²) in [5.41, 5.74) is 4.13. The Labute approximate surface area is 190 Å². The van der Waals surface area contributed by atoms with E-state index in [2.05, 4.69) is 43.4 Å². The molecule has 30 heavy (non-hydrogen) atoms. The number of carbonyl (C=O) groups excluding carboxylic acids is 1. The summed E-state index contributed by atoms with van der Waals surface area (Å²) in [7, 11) is 0. The minimum atomic E-state index is -0.321. The molecule has 0 spiro atoms. The van der Waals surface area contributed by atoms with Crippen molar-refractivity contribution in [3.63, 3.8) is 0 Å². The second-order valence-corrected chi connectivity index (χ2v) is 8.08. The minimum absolute atomic E-state index is 0.188. The number of fused-ring (bicyclic) bond motifs is 1. The van der Waals surface area contributed by atoms with Crippen LogP contribution in [0, 0.1) is 16.3 Å². The third-order valence-electron chi connectivity index (χ3n) is 4.38. The van der Waals surface area contributed by atoms with Crippen LogP contribution >= 0.6 is 34.8 Å². The Kier molecular flexibility index (Phi) is 5.73. The lowest BCUT2D eigenvalue weighted by Gasteiger charge is -2.12. The Morgan fingerprint density at radius 2 is 1.73 bits per heavy atom. The largest absolute Gasteiger partial charge is 0.332 e. The van der Waals surface area contributed by atoms with E-state index in [1.807, 2.05) is 31.2 Å². The second-order valence-electron chi connectivity index (χ2n) is 6.51. The topological polar surface area (TPSA) is 71.8 Å². The predicted octanol–water partition coefficient (Wildman–Crippen LogP) is 4.60. The highest BCUT2D eigenvalue weighted by Gasteiger charge is 2.13. The summed E-state index contributed by atoms with van der Waals surface area (Å²) < 4.78 is 14.0. The first-order chi connectivity index (χ1) is 14.4. The fraction of sp³-hybridized carbons (Fsp3) is 0.0476. The van der Waals surface area contributed by atoms with Crippen molar-refractivity contribution in [1.29, 1.82) is 0 Å². The maximum atomic E-state index is 13.2. The van der Waals surface area contributed by atoms with Gasteiger partial charge in [0.2, 0.25) is 0 Å². The maximum Gasteiger partial charge on any atom is 0.258 e. The average Bonchev–Trinajstić information content (AvgIpc) is 3.11. The number of halogens is 2. The van der Waals surface area contributed by atoms with Crippen LogP contribution in [0.25, 0.3) is 16.7 Å². The molecule has 150 valence electrons. The molecule has 0 saturated heterocycles. The Bertz CT molecular complexity index is 1270. The number of amides is 1. The van der Waals surface area contributed by atoms with Gasteiger partial charge in [0.25, 0.3) is 5.91 Å². The predicted molar refractivity (Wildman–Crippen MR) is 126 cm³/mol. The Balaban J connectivity index is 1.54. The van der Waals surface area contributed by atoms with Crippen molar-refractivity contribution in [3.8, 4) is 5.69 Å². The first-order valence-electron chi connectivity index (χ1n) is 8.91. The molecule has 6 nitrogen and oxygen atoms in total. The summed E-state index contributed by atoms with van der Waals surface area (Å²) in [5, 5.41) is 14.8. The van der Waals surface area contributed by atoms with Crippen LogP contribution < -0.4 is 10.6 Å². The van der Waals surface area contributed by atoms with Gasteiger partial charge in [-0.25, -0.2) is 4.39 Å². The number of hydrogen-bond acceptors (Lipinski definition) is 4. The monoisotopic (exact) mass is 531 g/mol. The summed E-state index contributed by atoms with van der Waals surface area (Å²) in [4.78, 5) is 13.9. The van der Waals surface area contributed by atoms with E-state index in [0.29, 0.717) is 28.0 Å². The van der Waals surface area contributed by atoms with Crippen LogP contribution in [0.4, 0.5) is 10.1 Å². The Morgan fingerprint density at radius 1 is 1.07 bits per heavy atom. The van der Waals surface area contributed by atoms with Crippen molar-refractivity contribution in [3.05, 3.63) is 81.2 Å². The van der Waals surface area contributed by atoms with E-state index in [0.717, 1.165) is 9.13 Å². The van der Waals surface area contributed by atoms with Crippen LogP contribution in [0.1, 0.15) is 15.9 Å². The standard InChI is InChI=1S/C21H15FIN5OS/c1-12-10-18-19(27-28(26-18)14-8-6-13(22)7-9-14)11-17(12)24-21(30)25-20(29)15-4-2-3-5-16(15)23/h2-11H,1H3,(H2,24,25,29,30). The highest BCUT2D eigenvalue weighted by atomic mass is 127. The SMILES string of the molecule is Cc1cc2nn(-c3ccc(F)cc3)nc2cc1NC(=S)NC(=O)c1ccccc1I. The van der Waals surface area contributed by atoms with E-state index < -0.39 is 0 Å². The van der Waals surface area contributed by atoms with Gasteiger partial charge < -0.3 is 5.32 Å². The summed E-state index contributed by atoms with van der Waals surface area (Å²) >= 11 is 7.42. The molecule has 0 unspecified atom stereocenters. The van der Waals surface area contributed by atoms with Crippen LogP contribution in [-0.4, -0.2) is 26.0 Å². The molecule has 4 aromatic rings. The van der Waals surface area contributed by atoms with E-state index in [9.17, 15) is 9.18 Å². The molecule has 2 N–H and O–H groups in total. The number of hydrogen-bond donors (Lipinski definition) is 2. The molecule has 1 heterocycles. The first kappa shape index (κ1) is 20.4. The lowest BCUT2D eigenvalue weighted by molar-refractivity contribution is 0.0977. The number of aromatic nitrogens is 3. The van der Waals surface area contributed by atoms with Crippen molar-refractivity contribution >= 4 is 62.5 Å². The summed E-state index contributed by atoms with van der Waals surface area (Å²) in [6.07, 6.45) is 0. The highest BCUT2D eigenvalue weighted by Crippen LogP contribution is 2.22. The fourth-order valence-corrected chi connectivity index (χ4v) is 3.70. The minimum Gasteiger partial charge on any atom is -0.332 e. The van der Waals surface area contributed by atoms with Crippen molar-refractivity contribution < 1.29 is 9.18 Å². The number of aryl methyl sites for hydroxylation is 1. The molecule has 0 radical (unpaired) electrons. The van der Waals surface area contributed by atoms with E-state index >= 15 is 0 Å².